The first-order chi connectivity index (χ1) is 8.82. The maximum atomic E-state index is 4.70. The minimum Gasteiger partial charge on any atom is -0.373 e. The van der Waals surface area contributed by atoms with E-state index < -0.39 is 0 Å². The second kappa shape index (κ2) is 4.99. The number of hydrogen-bond donors (Lipinski definition) is 2. The molecule has 0 atom stereocenters. The van der Waals surface area contributed by atoms with Gasteiger partial charge < -0.3 is 10.6 Å². The molecule has 1 aliphatic carbocycles. The molecule has 0 aromatic carbocycles. The molecule has 1 aromatic rings. The van der Waals surface area contributed by atoms with Gasteiger partial charge in [-0.15, -0.1) is 0 Å². The first-order valence-corrected chi connectivity index (χ1v) is 7.18. The van der Waals surface area contributed by atoms with Gasteiger partial charge in [-0.3, -0.25) is 0 Å². The number of rotatable bonds is 3. The lowest BCUT2D eigenvalue weighted by molar-refractivity contribution is 0.522. The van der Waals surface area contributed by atoms with Crippen molar-refractivity contribution in [3.05, 3.63) is 11.9 Å². The highest BCUT2D eigenvalue weighted by atomic mass is 15.1. The minimum atomic E-state index is -0.0418. The van der Waals surface area contributed by atoms with Crippen molar-refractivity contribution in [3.8, 4) is 0 Å². The number of anilines is 2. The first-order valence-electron chi connectivity index (χ1n) is 7.18. The van der Waals surface area contributed by atoms with Gasteiger partial charge in [0.25, 0.3) is 0 Å². The van der Waals surface area contributed by atoms with Crippen molar-refractivity contribution in [3.63, 3.8) is 0 Å². The van der Waals surface area contributed by atoms with Gasteiger partial charge in [0.05, 0.1) is 0 Å². The van der Waals surface area contributed by atoms with Crippen LogP contribution in [0.5, 0.6) is 0 Å². The van der Waals surface area contributed by atoms with Crippen molar-refractivity contribution in [1.29, 1.82) is 0 Å². The molecule has 0 unspecified atom stereocenters. The van der Waals surface area contributed by atoms with Gasteiger partial charge >= 0.3 is 0 Å². The van der Waals surface area contributed by atoms with E-state index in [-0.39, 0.29) is 11.0 Å². The van der Waals surface area contributed by atoms with Gasteiger partial charge in [0.2, 0.25) is 0 Å². The SMILES string of the molecule is CNc1cc(NC2(C)CCCC2)nc(C(C)(C)C)n1. The Morgan fingerprint density at radius 1 is 1.11 bits per heavy atom. The van der Waals surface area contributed by atoms with Gasteiger partial charge in [-0.1, -0.05) is 33.6 Å². The van der Waals surface area contributed by atoms with E-state index in [4.69, 9.17) is 4.98 Å². The third-order valence-electron chi connectivity index (χ3n) is 3.79. The summed E-state index contributed by atoms with van der Waals surface area (Å²) in [6.45, 7) is 8.71. The van der Waals surface area contributed by atoms with Crippen molar-refractivity contribution in [2.75, 3.05) is 17.7 Å². The normalized spacial score (nSPS) is 18.4. The summed E-state index contributed by atoms with van der Waals surface area (Å²) in [4.78, 5) is 9.26. The lowest BCUT2D eigenvalue weighted by atomic mass is 9.95. The zero-order valence-electron chi connectivity index (χ0n) is 12.8. The van der Waals surface area contributed by atoms with E-state index in [1.165, 1.54) is 25.7 Å². The average Bonchev–Trinajstić information content (AvgIpc) is 2.74. The van der Waals surface area contributed by atoms with Crippen molar-refractivity contribution in [1.82, 2.24) is 9.97 Å². The molecule has 0 saturated heterocycles. The Balaban J connectivity index is 2.29. The van der Waals surface area contributed by atoms with Crippen LogP contribution in [0, 0.1) is 0 Å². The van der Waals surface area contributed by atoms with Crippen molar-refractivity contribution in [2.45, 2.75) is 64.3 Å². The Bertz CT molecular complexity index is 442. The van der Waals surface area contributed by atoms with Gasteiger partial charge in [-0.2, -0.15) is 0 Å². The van der Waals surface area contributed by atoms with Gasteiger partial charge in [0.1, 0.15) is 17.5 Å². The van der Waals surface area contributed by atoms with Crippen LogP contribution in [0.15, 0.2) is 6.07 Å². The Hall–Kier alpha value is -1.32. The van der Waals surface area contributed by atoms with Gasteiger partial charge in [-0.05, 0) is 19.8 Å². The van der Waals surface area contributed by atoms with Crippen LogP contribution in [0.4, 0.5) is 11.6 Å². The van der Waals surface area contributed by atoms with Crippen LogP contribution < -0.4 is 10.6 Å². The average molecular weight is 262 g/mol. The van der Waals surface area contributed by atoms with E-state index in [1.807, 2.05) is 13.1 Å². The molecule has 1 fully saturated rings. The fourth-order valence-electron chi connectivity index (χ4n) is 2.56. The second-order valence-corrected chi connectivity index (χ2v) is 6.85. The molecule has 4 heteroatoms. The largest absolute Gasteiger partial charge is 0.373 e. The van der Waals surface area contributed by atoms with E-state index >= 15 is 0 Å². The summed E-state index contributed by atoms with van der Waals surface area (Å²) >= 11 is 0. The molecule has 1 heterocycles. The molecule has 0 spiro atoms. The van der Waals surface area contributed by atoms with Crippen LogP contribution in [-0.4, -0.2) is 22.6 Å². The molecule has 0 radical (unpaired) electrons. The molecule has 0 amide bonds. The predicted molar refractivity (Wildman–Crippen MR) is 80.8 cm³/mol. The van der Waals surface area contributed by atoms with Crippen LogP contribution in [-0.2, 0) is 5.41 Å². The lowest BCUT2D eigenvalue weighted by Crippen LogP contribution is -2.32. The van der Waals surface area contributed by atoms with Crippen molar-refractivity contribution < 1.29 is 0 Å². The van der Waals surface area contributed by atoms with Crippen LogP contribution in [0.3, 0.4) is 0 Å². The van der Waals surface area contributed by atoms with Gasteiger partial charge in [0, 0.05) is 24.1 Å². The summed E-state index contributed by atoms with van der Waals surface area (Å²) in [7, 11) is 1.90. The number of aromatic nitrogens is 2. The molecule has 1 aromatic heterocycles. The van der Waals surface area contributed by atoms with Gasteiger partial charge in [0.15, 0.2) is 0 Å². The zero-order valence-corrected chi connectivity index (χ0v) is 12.8. The van der Waals surface area contributed by atoms with Crippen molar-refractivity contribution in [2.24, 2.45) is 0 Å². The van der Waals surface area contributed by atoms with Crippen LogP contribution in [0.1, 0.15) is 59.2 Å². The highest BCUT2D eigenvalue weighted by molar-refractivity contribution is 5.49. The third-order valence-corrected chi connectivity index (χ3v) is 3.79. The predicted octanol–water partition coefficient (Wildman–Crippen LogP) is 3.56. The Morgan fingerprint density at radius 3 is 2.21 bits per heavy atom. The standard InChI is InChI=1S/C15H26N4/c1-14(2,3)13-17-11(16-5)10-12(18-13)19-15(4)8-6-7-9-15/h10H,6-9H2,1-5H3,(H2,16,17,18,19). The maximum Gasteiger partial charge on any atom is 0.138 e. The lowest BCUT2D eigenvalue weighted by Gasteiger charge is -2.27. The minimum absolute atomic E-state index is 0.0418. The molecule has 0 bridgehead atoms. The van der Waals surface area contributed by atoms with E-state index in [2.05, 4.69) is 43.3 Å². The second-order valence-electron chi connectivity index (χ2n) is 6.85. The summed E-state index contributed by atoms with van der Waals surface area (Å²) < 4.78 is 0. The molecule has 1 aliphatic rings. The topological polar surface area (TPSA) is 49.8 Å². The van der Waals surface area contributed by atoms with E-state index in [9.17, 15) is 0 Å². The summed E-state index contributed by atoms with van der Waals surface area (Å²) in [6, 6.07) is 2.00. The molecule has 106 valence electrons. The molecular formula is C15H26N4. The fraction of sp³-hybridized carbons (Fsp3) is 0.733. The number of hydrogen-bond acceptors (Lipinski definition) is 4. The first kappa shape index (κ1) is 14.1. The quantitative estimate of drug-likeness (QED) is 0.874. The molecule has 4 nitrogen and oxygen atoms in total. The van der Waals surface area contributed by atoms with Crippen LogP contribution >= 0.6 is 0 Å². The number of nitrogens with zero attached hydrogens (tertiary/aromatic N) is 2. The summed E-state index contributed by atoms with van der Waals surface area (Å²) in [5.74, 6) is 2.70. The Kier molecular flexibility index (Phi) is 3.70. The third kappa shape index (κ3) is 3.37. The smallest absolute Gasteiger partial charge is 0.138 e. The van der Waals surface area contributed by atoms with Crippen LogP contribution in [0.25, 0.3) is 0 Å². The molecule has 1 saturated carbocycles. The van der Waals surface area contributed by atoms with Crippen LogP contribution in [0.2, 0.25) is 0 Å². The van der Waals surface area contributed by atoms with E-state index in [0.717, 1.165) is 17.5 Å². The summed E-state index contributed by atoms with van der Waals surface area (Å²) in [6.07, 6.45) is 5.05. The summed E-state index contributed by atoms with van der Waals surface area (Å²) in [5, 5.41) is 6.74. The number of nitrogens with one attached hydrogen (secondary N) is 2. The highest BCUT2D eigenvalue weighted by Crippen LogP contribution is 2.33. The Labute approximate surface area is 116 Å². The van der Waals surface area contributed by atoms with E-state index in [0.29, 0.717) is 0 Å². The maximum absolute atomic E-state index is 4.70. The molecule has 2 rings (SSSR count). The molecular weight excluding hydrogens is 236 g/mol. The summed E-state index contributed by atoms with van der Waals surface area (Å²) in [5.41, 5.74) is 0.147. The zero-order chi connectivity index (χ0) is 14.1. The van der Waals surface area contributed by atoms with Gasteiger partial charge in [-0.25, -0.2) is 9.97 Å². The highest BCUT2D eigenvalue weighted by Gasteiger charge is 2.29. The Morgan fingerprint density at radius 2 is 1.68 bits per heavy atom. The molecule has 0 aliphatic heterocycles. The molecule has 2 N–H and O–H groups in total. The fourth-order valence-corrected chi connectivity index (χ4v) is 2.56. The monoisotopic (exact) mass is 262 g/mol. The molecule has 19 heavy (non-hydrogen) atoms. The van der Waals surface area contributed by atoms with E-state index in [1.54, 1.807) is 0 Å². The van der Waals surface area contributed by atoms with Crippen molar-refractivity contribution >= 4 is 11.6 Å².